The number of unbranched alkanes of at least 4 members (excludes halogenated alkanes) is 3. The molecule has 1 unspecified atom stereocenters. The van der Waals surface area contributed by atoms with Crippen molar-refractivity contribution in [2.45, 2.75) is 46.0 Å². The van der Waals surface area contributed by atoms with Crippen molar-refractivity contribution in [1.82, 2.24) is 0 Å². The average molecular weight is 195 g/mol. The molecule has 0 aromatic carbocycles. The third kappa shape index (κ3) is 8.63. The standard InChI is InChI=1S/C9H20ClP/c1-3-5-7-9-11(10)8-6-4-2/h3-9H2,1-2H3. The Balaban J connectivity index is 3.02. The Morgan fingerprint density at radius 1 is 0.909 bits per heavy atom. The fraction of sp³-hybridized carbons (Fsp3) is 1.00. The summed E-state index contributed by atoms with van der Waals surface area (Å²) >= 11 is 6.16. The van der Waals surface area contributed by atoms with Crippen LogP contribution in [0.15, 0.2) is 0 Å². The van der Waals surface area contributed by atoms with E-state index in [9.17, 15) is 0 Å². The molecule has 68 valence electrons. The topological polar surface area (TPSA) is 0 Å². The lowest BCUT2D eigenvalue weighted by Crippen LogP contribution is -1.85. The van der Waals surface area contributed by atoms with Gasteiger partial charge in [0.25, 0.3) is 0 Å². The quantitative estimate of drug-likeness (QED) is 0.410. The highest BCUT2D eigenvalue weighted by atomic mass is 35.7. The Kier molecular flexibility index (Phi) is 9.39. The fourth-order valence-corrected chi connectivity index (χ4v) is 3.14. The van der Waals surface area contributed by atoms with Gasteiger partial charge in [-0.3, -0.25) is 0 Å². The molecule has 0 N–H and O–H groups in total. The highest BCUT2D eigenvalue weighted by Gasteiger charge is 2.01. The molecule has 0 bridgehead atoms. The van der Waals surface area contributed by atoms with Crippen LogP contribution in [0.3, 0.4) is 0 Å². The van der Waals surface area contributed by atoms with E-state index in [1.54, 1.807) is 0 Å². The number of hydrogen-bond donors (Lipinski definition) is 0. The molecule has 0 aliphatic rings. The van der Waals surface area contributed by atoms with Gasteiger partial charge in [-0.25, -0.2) is 0 Å². The maximum absolute atomic E-state index is 6.16. The highest BCUT2D eigenvalue weighted by molar-refractivity contribution is 7.83. The second-order valence-corrected chi connectivity index (χ2v) is 6.22. The Labute approximate surface area is 77.3 Å². The molecule has 0 amide bonds. The molecule has 0 aromatic rings. The van der Waals surface area contributed by atoms with E-state index in [1.807, 2.05) is 0 Å². The molecule has 0 saturated heterocycles. The lowest BCUT2D eigenvalue weighted by molar-refractivity contribution is 0.775. The molecule has 0 nitrogen and oxygen atoms in total. The van der Waals surface area contributed by atoms with Crippen LogP contribution in [-0.2, 0) is 0 Å². The average Bonchev–Trinajstić information content (AvgIpc) is 2.01. The van der Waals surface area contributed by atoms with E-state index in [0.717, 1.165) is 0 Å². The van der Waals surface area contributed by atoms with Gasteiger partial charge in [0.2, 0.25) is 0 Å². The van der Waals surface area contributed by atoms with Gasteiger partial charge < -0.3 is 0 Å². The van der Waals surface area contributed by atoms with Crippen molar-refractivity contribution in [3.05, 3.63) is 0 Å². The molecule has 0 spiro atoms. The summed E-state index contributed by atoms with van der Waals surface area (Å²) < 4.78 is 0. The Morgan fingerprint density at radius 2 is 1.45 bits per heavy atom. The molecule has 0 saturated carbocycles. The summed E-state index contributed by atoms with van der Waals surface area (Å²) in [4.78, 5) is 0. The van der Waals surface area contributed by atoms with Crippen molar-refractivity contribution in [3.8, 4) is 0 Å². The van der Waals surface area contributed by atoms with Gasteiger partial charge in [-0.1, -0.05) is 44.4 Å². The first kappa shape index (κ1) is 11.7. The second-order valence-electron chi connectivity index (χ2n) is 2.97. The summed E-state index contributed by atoms with van der Waals surface area (Å²) in [5.74, 6) is 0. The summed E-state index contributed by atoms with van der Waals surface area (Å²) in [7, 11) is -0.126. The van der Waals surface area contributed by atoms with Gasteiger partial charge in [0.1, 0.15) is 0 Å². The largest absolute Gasteiger partial charge is 0.0964 e. The van der Waals surface area contributed by atoms with Gasteiger partial charge in [0.15, 0.2) is 0 Å². The monoisotopic (exact) mass is 194 g/mol. The number of halogens is 1. The van der Waals surface area contributed by atoms with E-state index in [-0.39, 0.29) is 7.27 Å². The molecule has 11 heavy (non-hydrogen) atoms. The summed E-state index contributed by atoms with van der Waals surface area (Å²) in [5.41, 5.74) is 0. The predicted molar refractivity (Wildman–Crippen MR) is 56.9 cm³/mol. The van der Waals surface area contributed by atoms with Crippen LogP contribution < -0.4 is 0 Å². The molecule has 0 aromatic heterocycles. The van der Waals surface area contributed by atoms with Crippen molar-refractivity contribution in [2.24, 2.45) is 0 Å². The molecule has 0 rings (SSSR count). The maximum atomic E-state index is 6.16. The van der Waals surface area contributed by atoms with E-state index >= 15 is 0 Å². The fourth-order valence-electron chi connectivity index (χ4n) is 0.975. The van der Waals surface area contributed by atoms with E-state index in [4.69, 9.17) is 11.2 Å². The van der Waals surface area contributed by atoms with Crippen LogP contribution in [0.2, 0.25) is 0 Å². The molecule has 0 fully saturated rings. The molecular formula is C9H20ClP. The van der Waals surface area contributed by atoms with Crippen LogP contribution in [0, 0.1) is 0 Å². The molecule has 1 atom stereocenters. The zero-order chi connectivity index (χ0) is 8.53. The molecule has 0 heterocycles. The second kappa shape index (κ2) is 8.81. The summed E-state index contributed by atoms with van der Waals surface area (Å²) in [5, 5.41) is 0. The van der Waals surface area contributed by atoms with Crippen molar-refractivity contribution in [1.29, 1.82) is 0 Å². The van der Waals surface area contributed by atoms with Gasteiger partial charge in [-0.15, -0.1) is 0 Å². The first-order valence-corrected chi connectivity index (χ1v) is 7.33. The number of hydrogen-bond acceptors (Lipinski definition) is 0. The highest BCUT2D eigenvalue weighted by Crippen LogP contribution is 2.42. The van der Waals surface area contributed by atoms with Crippen molar-refractivity contribution < 1.29 is 0 Å². The van der Waals surface area contributed by atoms with Crippen LogP contribution >= 0.6 is 18.5 Å². The predicted octanol–water partition coefficient (Wildman–Crippen LogP) is 4.61. The minimum Gasteiger partial charge on any atom is -0.0964 e. The zero-order valence-electron chi connectivity index (χ0n) is 7.77. The summed E-state index contributed by atoms with van der Waals surface area (Å²) in [6.45, 7) is 4.47. The smallest absolute Gasteiger partial charge is 0.00973 e. The maximum Gasteiger partial charge on any atom is -0.00973 e. The molecular weight excluding hydrogens is 175 g/mol. The van der Waals surface area contributed by atoms with E-state index < -0.39 is 0 Å². The zero-order valence-corrected chi connectivity index (χ0v) is 9.43. The van der Waals surface area contributed by atoms with Crippen LogP contribution in [0.1, 0.15) is 46.0 Å². The van der Waals surface area contributed by atoms with Gasteiger partial charge in [0, 0.05) is 0 Å². The minimum atomic E-state index is -0.126. The van der Waals surface area contributed by atoms with Crippen LogP contribution in [0.4, 0.5) is 0 Å². The van der Waals surface area contributed by atoms with Crippen molar-refractivity contribution in [3.63, 3.8) is 0 Å². The molecule has 2 heteroatoms. The Hall–Kier alpha value is 0.720. The minimum absolute atomic E-state index is 0.126. The van der Waals surface area contributed by atoms with Gasteiger partial charge in [-0.05, 0) is 32.4 Å². The third-order valence-electron chi connectivity index (χ3n) is 1.76. The van der Waals surface area contributed by atoms with Gasteiger partial charge in [-0.2, -0.15) is 0 Å². The van der Waals surface area contributed by atoms with Crippen molar-refractivity contribution in [2.75, 3.05) is 12.3 Å². The van der Waals surface area contributed by atoms with Gasteiger partial charge in [0.05, 0.1) is 0 Å². The normalized spacial score (nSPS) is 13.4. The van der Waals surface area contributed by atoms with Crippen LogP contribution in [0.5, 0.6) is 0 Å². The Bertz CT molecular complexity index is 76.0. The first-order chi connectivity index (χ1) is 5.31. The number of rotatable bonds is 7. The molecule has 0 radical (unpaired) electrons. The van der Waals surface area contributed by atoms with Crippen molar-refractivity contribution >= 4 is 18.5 Å². The Morgan fingerprint density at radius 3 is 2.00 bits per heavy atom. The summed E-state index contributed by atoms with van der Waals surface area (Å²) in [6, 6.07) is 0. The van der Waals surface area contributed by atoms with E-state index in [1.165, 1.54) is 44.4 Å². The summed E-state index contributed by atoms with van der Waals surface area (Å²) in [6.07, 6.45) is 9.18. The van der Waals surface area contributed by atoms with Gasteiger partial charge >= 0.3 is 0 Å². The first-order valence-electron chi connectivity index (χ1n) is 4.72. The van der Waals surface area contributed by atoms with E-state index in [0.29, 0.717) is 0 Å². The lowest BCUT2D eigenvalue weighted by Gasteiger charge is -2.07. The van der Waals surface area contributed by atoms with E-state index in [2.05, 4.69) is 13.8 Å². The van der Waals surface area contributed by atoms with Crippen LogP contribution in [0.25, 0.3) is 0 Å². The van der Waals surface area contributed by atoms with Crippen LogP contribution in [-0.4, -0.2) is 12.3 Å². The SMILES string of the molecule is CCCCCP(Cl)CCCC. The molecule has 0 aliphatic carbocycles. The molecule has 0 aliphatic heterocycles. The lowest BCUT2D eigenvalue weighted by atomic mass is 10.3. The third-order valence-corrected chi connectivity index (χ3v) is 4.38.